The van der Waals surface area contributed by atoms with Crippen molar-refractivity contribution in [1.82, 2.24) is 0 Å². The summed E-state index contributed by atoms with van der Waals surface area (Å²) in [6, 6.07) is 16.6. The van der Waals surface area contributed by atoms with Gasteiger partial charge in [-0.15, -0.1) is 0 Å². The van der Waals surface area contributed by atoms with Crippen LogP contribution in [0, 0.1) is 0 Å². The molecule has 0 bridgehead atoms. The van der Waals surface area contributed by atoms with Crippen LogP contribution in [0.5, 0.6) is 17.2 Å². The van der Waals surface area contributed by atoms with Gasteiger partial charge in [0.2, 0.25) is 0 Å². The number of benzene rings is 3. The number of ketones is 1. The number of methoxy groups -OCH3 is 3. The Morgan fingerprint density at radius 3 is 2.00 bits per heavy atom. The van der Waals surface area contributed by atoms with E-state index in [-0.39, 0.29) is 27.3 Å². The fourth-order valence-electron chi connectivity index (χ4n) is 4.51. The number of nitrogens with zero attached hydrogens (tertiary/aromatic N) is 1. The fourth-order valence-corrected chi connectivity index (χ4v) is 4.75. The summed E-state index contributed by atoms with van der Waals surface area (Å²) in [5, 5.41) is 11.8. The first-order valence-corrected chi connectivity index (χ1v) is 12.4. The van der Waals surface area contributed by atoms with Crippen molar-refractivity contribution in [2.45, 2.75) is 32.2 Å². The Balaban J connectivity index is 1.96. The number of Topliss-reactive ketones (excluding diaryl/α,β-unsaturated/α-hetero) is 1. The molecule has 1 saturated heterocycles. The van der Waals surface area contributed by atoms with Crippen LogP contribution in [-0.2, 0) is 15.0 Å². The number of amides is 1. The van der Waals surface area contributed by atoms with Gasteiger partial charge in [0.05, 0.1) is 43.5 Å². The summed E-state index contributed by atoms with van der Waals surface area (Å²) in [6.07, 6.45) is 0. The Labute approximate surface area is 227 Å². The summed E-state index contributed by atoms with van der Waals surface area (Å²) < 4.78 is 16.0. The molecule has 1 aliphatic heterocycles. The average Bonchev–Trinajstić information content (AvgIpc) is 3.17. The summed E-state index contributed by atoms with van der Waals surface area (Å²) in [5.41, 5.74) is 2.23. The largest absolute Gasteiger partial charge is 0.507 e. The lowest BCUT2D eigenvalue weighted by Crippen LogP contribution is -2.29. The van der Waals surface area contributed by atoms with E-state index in [1.807, 2.05) is 24.3 Å². The zero-order valence-corrected chi connectivity index (χ0v) is 22.9. The quantitative estimate of drug-likeness (QED) is 0.227. The second-order valence-corrected chi connectivity index (χ2v) is 10.3. The minimum absolute atomic E-state index is 0.0751. The van der Waals surface area contributed by atoms with E-state index in [1.54, 1.807) is 31.4 Å². The van der Waals surface area contributed by atoms with Gasteiger partial charge in [-0.05, 0) is 46.9 Å². The van der Waals surface area contributed by atoms with Gasteiger partial charge in [-0.2, -0.15) is 0 Å². The van der Waals surface area contributed by atoms with Gasteiger partial charge in [0, 0.05) is 11.8 Å². The van der Waals surface area contributed by atoms with Gasteiger partial charge in [-0.3, -0.25) is 14.5 Å². The molecular weight excluding hydrogens is 506 g/mol. The van der Waals surface area contributed by atoms with Crippen LogP contribution >= 0.6 is 11.6 Å². The Kier molecular flexibility index (Phi) is 7.42. The summed E-state index contributed by atoms with van der Waals surface area (Å²) in [6.45, 7) is 6.31. The molecule has 198 valence electrons. The molecule has 1 aliphatic rings. The molecule has 7 nitrogen and oxygen atoms in total. The zero-order valence-electron chi connectivity index (χ0n) is 22.2. The number of ether oxygens (including phenoxy) is 3. The average molecular weight is 536 g/mol. The van der Waals surface area contributed by atoms with E-state index >= 15 is 0 Å². The lowest BCUT2D eigenvalue weighted by Gasteiger charge is -2.27. The van der Waals surface area contributed by atoms with Crippen LogP contribution in [-0.4, -0.2) is 38.1 Å². The lowest BCUT2D eigenvalue weighted by atomic mass is 9.85. The van der Waals surface area contributed by atoms with Crippen molar-refractivity contribution in [1.29, 1.82) is 0 Å². The summed E-state index contributed by atoms with van der Waals surface area (Å²) in [5.74, 6) is -0.800. The maximum absolute atomic E-state index is 13.5. The first kappa shape index (κ1) is 27.1. The SMILES string of the molecule is COc1ccc(N2C(=O)C(=O)/C(=C(/O)c3cc(Cl)c(OC)cc3OC)C2c2ccc(C(C)(C)C)cc2)cc1. The molecule has 1 fully saturated rings. The van der Waals surface area contributed by atoms with Gasteiger partial charge in [0.25, 0.3) is 11.7 Å². The van der Waals surface area contributed by atoms with Crippen LogP contribution in [0.1, 0.15) is 43.5 Å². The van der Waals surface area contributed by atoms with Crippen LogP contribution < -0.4 is 19.1 Å². The van der Waals surface area contributed by atoms with Crippen molar-refractivity contribution < 1.29 is 28.9 Å². The minimum atomic E-state index is -0.900. The maximum Gasteiger partial charge on any atom is 0.300 e. The van der Waals surface area contributed by atoms with Crippen LogP contribution in [0.25, 0.3) is 5.76 Å². The molecule has 1 unspecified atom stereocenters. The van der Waals surface area contributed by atoms with Crippen molar-refractivity contribution in [3.8, 4) is 17.2 Å². The molecule has 0 spiro atoms. The molecule has 1 heterocycles. The predicted molar refractivity (Wildman–Crippen MR) is 147 cm³/mol. The van der Waals surface area contributed by atoms with E-state index in [1.165, 1.54) is 31.3 Å². The molecule has 0 saturated carbocycles. The topological polar surface area (TPSA) is 85.3 Å². The molecule has 0 radical (unpaired) electrons. The van der Waals surface area contributed by atoms with Crippen LogP contribution in [0.2, 0.25) is 5.02 Å². The fraction of sp³-hybridized carbons (Fsp3) is 0.267. The highest BCUT2D eigenvalue weighted by Crippen LogP contribution is 2.45. The molecule has 0 aliphatic carbocycles. The molecule has 38 heavy (non-hydrogen) atoms. The summed E-state index contributed by atoms with van der Waals surface area (Å²) in [4.78, 5) is 28.4. The number of aliphatic hydroxyl groups is 1. The second-order valence-electron chi connectivity index (χ2n) is 9.93. The van der Waals surface area contributed by atoms with Crippen LogP contribution in [0.3, 0.4) is 0 Å². The van der Waals surface area contributed by atoms with E-state index < -0.39 is 23.5 Å². The first-order valence-electron chi connectivity index (χ1n) is 12.0. The number of anilines is 1. The van der Waals surface area contributed by atoms with Crippen LogP contribution in [0.4, 0.5) is 5.69 Å². The van der Waals surface area contributed by atoms with E-state index in [0.29, 0.717) is 22.7 Å². The molecule has 8 heteroatoms. The normalized spacial score (nSPS) is 17.0. The van der Waals surface area contributed by atoms with Gasteiger partial charge in [0.15, 0.2) is 0 Å². The zero-order chi connectivity index (χ0) is 27.8. The van der Waals surface area contributed by atoms with Crippen molar-refractivity contribution in [2.75, 3.05) is 26.2 Å². The third-order valence-corrected chi connectivity index (χ3v) is 6.91. The first-order chi connectivity index (χ1) is 18.0. The summed E-state index contributed by atoms with van der Waals surface area (Å²) in [7, 11) is 4.44. The number of carbonyl (C=O) groups excluding carboxylic acids is 2. The molecule has 4 rings (SSSR count). The third-order valence-electron chi connectivity index (χ3n) is 6.62. The number of hydrogen-bond donors (Lipinski definition) is 1. The van der Waals surface area contributed by atoms with Crippen molar-refractivity contribution in [2.24, 2.45) is 0 Å². The molecule has 3 aromatic carbocycles. The number of hydrogen-bond acceptors (Lipinski definition) is 6. The molecule has 0 aromatic heterocycles. The van der Waals surface area contributed by atoms with E-state index in [9.17, 15) is 14.7 Å². The highest BCUT2D eigenvalue weighted by atomic mass is 35.5. The predicted octanol–water partition coefficient (Wildman–Crippen LogP) is 6.29. The van der Waals surface area contributed by atoms with Gasteiger partial charge >= 0.3 is 0 Å². The highest BCUT2D eigenvalue weighted by Gasteiger charge is 2.47. The maximum atomic E-state index is 13.5. The van der Waals surface area contributed by atoms with Gasteiger partial charge in [-0.1, -0.05) is 56.6 Å². The Morgan fingerprint density at radius 2 is 1.47 bits per heavy atom. The smallest absolute Gasteiger partial charge is 0.300 e. The van der Waals surface area contributed by atoms with Gasteiger partial charge < -0.3 is 19.3 Å². The molecule has 1 atom stereocenters. The van der Waals surface area contributed by atoms with Crippen molar-refractivity contribution >= 4 is 34.7 Å². The molecule has 1 N–H and O–H groups in total. The van der Waals surface area contributed by atoms with Crippen molar-refractivity contribution in [3.63, 3.8) is 0 Å². The summed E-state index contributed by atoms with van der Waals surface area (Å²) >= 11 is 6.35. The number of rotatable bonds is 6. The van der Waals surface area contributed by atoms with Gasteiger partial charge in [-0.25, -0.2) is 0 Å². The molecule has 1 amide bonds. The third kappa shape index (κ3) is 4.82. The molecular formula is C30H30ClNO6. The number of carbonyl (C=O) groups is 2. The Morgan fingerprint density at radius 1 is 0.868 bits per heavy atom. The van der Waals surface area contributed by atoms with Crippen molar-refractivity contribution in [3.05, 3.63) is 87.9 Å². The standard InChI is InChI=1S/C30H30ClNO6/c1-30(2,3)18-9-7-17(8-10-18)26-25(27(33)21-15-22(31)24(38-6)16-23(21)37-5)28(34)29(35)32(26)19-11-13-20(36-4)14-12-19/h7-16,26,33H,1-6H3/b27-25+. The second kappa shape index (κ2) is 10.4. The van der Waals surface area contributed by atoms with Crippen LogP contribution in [0.15, 0.2) is 66.2 Å². The van der Waals surface area contributed by atoms with E-state index in [4.69, 9.17) is 25.8 Å². The Hall–Kier alpha value is -3.97. The molecule has 3 aromatic rings. The highest BCUT2D eigenvalue weighted by molar-refractivity contribution is 6.51. The van der Waals surface area contributed by atoms with Gasteiger partial charge in [0.1, 0.15) is 23.0 Å². The number of aliphatic hydroxyl groups excluding tert-OH is 1. The number of halogens is 1. The van der Waals surface area contributed by atoms with E-state index in [2.05, 4.69) is 20.8 Å². The lowest BCUT2D eigenvalue weighted by molar-refractivity contribution is -0.132. The minimum Gasteiger partial charge on any atom is -0.507 e. The van der Waals surface area contributed by atoms with E-state index in [0.717, 1.165) is 5.56 Å². The Bertz CT molecular complexity index is 1400. The monoisotopic (exact) mass is 535 g/mol.